The molecular formula is C25H22N2O6. The summed E-state index contributed by atoms with van der Waals surface area (Å²) in [6.07, 6.45) is 0.850. The first-order valence-electron chi connectivity index (χ1n) is 10.6. The Kier molecular flexibility index (Phi) is 6.35. The zero-order valence-corrected chi connectivity index (χ0v) is 17.7. The molecule has 1 heterocycles. The number of carboxylic acid groups (broad SMARTS) is 1. The lowest BCUT2D eigenvalue weighted by Gasteiger charge is -2.31. The fourth-order valence-electron chi connectivity index (χ4n) is 3.96. The summed E-state index contributed by atoms with van der Waals surface area (Å²) in [5.74, 6) is -0.948. The number of hydrogen-bond donors (Lipinski definition) is 1. The van der Waals surface area contributed by atoms with Crippen molar-refractivity contribution in [1.29, 1.82) is 0 Å². The topological polar surface area (TPSA) is 110 Å². The molecule has 0 amide bonds. The molecule has 0 saturated carbocycles. The van der Waals surface area contributed by atoms with Gasteiger partial charge in [-0.2, -0.15) is 0 Å². The van der Waals surface area contributed by atoms with Crippen molar-refractivity contribution < 1.29 is 24.4 Å². The fourth-order valence-corrected chi connectivity index (χ4v) is 3.96. The van der Waals surface area contributed by atoms with Crippen molar-refractivity contribution in [3.05, 3.63) is 94.0 Å². The molecule has 168 valence electrons. The zero-order chi connectivity index (χ0) is 23.4. The van der Waals surface area contributed by atoms with E-state index < -0.39 is 16.8 Å². The summed E-state index contributed by atoms with van der Waals surface area (Å²) >= 11 is 0. The van der Waals surface area contributed by atoms with Gasteiger partial charge in [-0.15, -0.1) is 0 Å². The molecule has 8 nitrogen and oxygen atoms in total. The van der Waals surface area contributed by atoms with E-state index in [1.165, 1.54) is 6.07 Å². The third kappa shape index (κ3) is 4.85. The van der Waals surface area contributed by atoms with Crippen molar-refractivity contribution >= 4 is 23.1 Å². The lowest BCUT2D eigenvalue weighted by molar-refractivity contribution is -0.384. The van der Waals surface area contributed by atoms with Crippen molar-refractivity contribution in [1.82, 2.24) is 0 Å². The number of ketones is 1. The van der Waals surface area contributed by atoms with Crippen LogP contribution in [-0.4, -0.2) is 34.9 Å². The maximum atomic E-state index is 12.6. The highest BCUT2D eigenvalue weighted by Crippen LogP contribution is 2.40. The number of rotatable bonds is 7. The van der Waals surface area contributed by atoms with Crippen LogP contribution < -0.4 is 9.64 Å². The monoisotopic (exact) mass is 446 g/mol. The minimum Gasteiger partial charge on any atom is -0.481 e. The number of para-hydroxylation sites is 1. The van der Waals surface area contributed by atoms with Gasteiger partial charge < -0.3 is 14.7 Å². The minimum atomic E-state index is -0.838. The number of anilines is 1. The number of aliphatic carboxylic acids is 1. The molecule has 0 aliphatic carbocycles. The van der Waals surface area contributed by atoms with Gasteiger partial charge in [0.05, 0.1) is 10.8 Å². The maximum absolute atomic E-state index is 12.6. The van der Waals surface area contributed by atoms with Gasteiger partial charge in [0.25, 0.3) is 0 Å². The van der Waals surface area contributed by atoms with Crippen LogP contribution in [0.15, 0.2) is 72.8 Å². The Morgan fingerprint density at radius 2 is 1.55 bits per heavy atom. The van der Waals surface area contributed by atoms with E-state index in [0.717, 1.165) is 0 Å². The van der Waals surface area contributed by atoms with Crippen molar-refractivity contribution in [2.75, 3.05) is 18.0 Å². The molecule has 1 fully saturated rings. The maximum Gasteiger partial charge on any atom is 0.334 e. The summed E-state index contributed by atoms with van der Waals surface area (Å²) in [4.78, 5) is 37.0. The van der Waals surface area contributed by atoms with E-state index in [1.54, 1.807) is 60.7 Å². The van der Waals surface area contributed by atoms with Gasteiger partial charge in [-0.3, -0.25) is 19.7 Å². The lowest BCUT2D eigenvalue weighted by atomic mass is 9.96. The Bertz CT molecular complexity index is 1170. The Balaban J connectivity index is 1.55. The average molecular weight is 446 g/mol. The van der Waals surface area contributed by atoms with Crippen molar-refractivity contribution in [3.63, 3.8) is 0 Å². The molecule has 0 spiro atoms. The second-order valence-corrected chi connectivity index (χ2v) is 7.80. The van der Waals surface area contributed by atoms with E-state index in [2.05, 4.69) is 0 Å². The fraction of sp³-hybridized carbons (Fsp3) is 0.200. The number of nitro benzene ring substituents is 1. The highest BCUT2D eigenvalue weighted by Gasteiger charge is 2.30. The van der Waals surface area contributed by atoms with Crippen LogP contribution in [0.2, 0.25) is 0 Å². The van der Waals surface area contributed by atoms with Gasteiger partial charge >= 0.3 is 11.7 Å². The molecule has 1 N–H and O–H groups in total. The van der Waals surface area contributed by atoms with Crippen molar-refractivity contribution in [3.8, 4) is 11.5 Å². The van der Waals surface area contributed by atoms with Gasteiger partial charge in [0.1, 0.15) is 11.4 Å². The number of nitro groups is 1. The molecule has 0 unspecified atom stereocenters. The smallest absolute Gasteiger partial charge is 0.334 e. The first kappa shape index (κ1) is 22.0. The predicted molar refractivity (Wildman–Crippen MR) is 122 cm³/mol. The number of ether oxygens (including phenoxy) is 1. The molecule has 33 heavy (non-hydrogen) atoms. The Morgan fingerprint density at radius 3 is 2.15 bits per heavy atom. The summed E-state index contributed by atoms with van der Waals surface area (Å²) in [7, 11) is 0. The van der Waals surface area contributed by atoms with Crippen LogP contribution in [-0.2, 0) is 4.79 Å². The first-order chi connectivity index (χ1) is 15.9. The quantitative estimate of drug-likeness (QED) is 0.312. The zero-order valence-electron chi connectivity index (χ0n) is 17.7. The Labute approximate surface area is 190 Å². The predicted octanol–water partition coefficient (Wildman–Crippen LogP) is 4.92. The van der Waals surface area contributed by atoms with Crippen molar-refractivity contribution in [2.45, 2.75) is 12.8 Å². The van der Waals surface area contributed by atoms with Gasteiger partial charge in [-0.1, -0.05) is 36.4 Å². The first-order valence-corrected chi connectivity index (χ1v) is 10.6. The van der Waals surface area contributed by atoms with Crippen LogP contribution >= 0.6 is 0 Å². The number of piperidine rings is 1. The molecule has 1 aliphatic rings. The van der Waals surface area contributed by atoms with Crippen LogP contribution in [0.5, 0.6) is 11.5 Å². The standard InChI is InChI=1S/C25H22N2O6/c28-24(17-5-2-1-3-6-17)18-9-11-20(12-10-18)33-22-8-4-7-21(23(22)27(31)32)26-15-13-19(14-16-26)25(29)30/h1-12,19H,13-16H2,(H,29,30). The summed E-state index contributed by atoms with van der Waals surface area (Å²) in [6, 6.07) is 20.2. The summed E-state index contributed by atoms with van der Waals surface area (Å²) in [5, 5.41) is 21.1. The molecule has 3 aromatic carbocycles. The molecule has 0 atom stereocenters. The van der Waals surface area contributed by atoms with E-state index in [0.29, 0.717) is 48.5 Å². The van der Waals surface area contributed by atoms with E-state index >= 15 is 0 Å². The summed E-state index contributed by atoms with van der Waals surface area (Å²) < 4.78 is 5.83. The highest BCUT2D eigenvalue weighted by atomic mass is 16.6. The SMILES string of the molecule is O=C(c1ccccc1)c1ccc(Oc2cccc(N3CCC(C(=O)O)CC3)c2[N+](=O)[O-])cc1. The van der Waals surface area contributed by atoms with Gasteiger partial charge in [-0.25, -0.2) is 0 Å². The second-order valence-electron chi connectivity index (χ2n) is 7.80. The summed E-state index contributed by atoms with van der Waals surface area (Å²) in [6.45, 7) is 0.828. The second kappa shape index (κ2) is 9.52. The van der Waals surface area contributed by atoms with Gasteiger partial charge in [0.15, 0.2) is 5.78 Å². The lowest BCUT2D eigenvalue weighted by Crippen LogP contribution is -2.36. The van der Waals surface area contributed by atoms with Gasteiger partial charge in [0.2, 0.25) is 5.75 Å². The van der Waals surface area contributed by atoms with Crippen LogP contribution in [0.3, 0.4) is 0 Å². The van der Waals surface area contributed by atoms with Crippen LogP contribution in [0.1, 0.15) is 28.8 Å². The number of carboxylic acids is 1. The van der Waals surface area contributed by atoms with E-state index in [4.69, 9.17) is 4.74 Å². The van der Waals surface area contributed by atoms with E-state index in [1.807, 2.05) is 11.0 Å². The third-order valence-electron chi connectivity index (χ3n) is 5.73. The number of nitrogens with zero attached hydrogens (tertiary/aromatic N) is 2. The van der Waals surface area contributed by atoms with Crippen molar-refractivity contribution in [2.24, 2.45) is 5.92 Å². The molecule has 0 radical (unpaired) electrons. The Hall–Kier alpha value is -4.20. The number of carbonyl (C=O) groups is 2. The van der Waals surface area contributed by atoms with Crippen LogP contribution in [0, 0.1) is 16.0 Å². The molecule has 0 bridgehead atoms. The van der Waals surface area contributed by atoms with Gasteiger partial charge in [-0.05, 0) is 49.2 Å². The highest BCUT2D eigenvalue weighted by molar-refractivity contribution is 6.09. The average Bonchev–Trinajstić information content (AvgIpc) is 2.84. The molecule has 8 heteroatoms. The summed E-state index contributed by atoms with van der Waals surface area (Å²) in [5.41, 5.74) is 1.28. The normalized spacial score (nSPS) is 14.0. The van der Waals surface area contributed by atoms with Crippen LogP contribution in [0.4, 0.5) is 11.4 Å². The molecule has 3 aromatic rings. The number of carbonyl (C=O) groups excluding carboxylic acids is 1. The third-order valence-corrected chi connectivity index (χ3v) is 5.73. The van der Waals surface area contributed by atoms with E-state index in [-0.39, 0.29) is 17.2 Å². The minimum absolute atomic E-state index is 0.0833. The molecular weight excluding hydrogens is 424 g/mol. The molecule has 4 rings (SSSR count). The van der Waals surface area contributed by atoms with E-state index in [9.17, 15) is 24.8 Å². The van der Waals surface area contributed by atoms with Crippen LogP contribution in [0.25, 0.3) is 0 Å². The van der Waals surface area contributed by atoms with Gasteiger partial charge in [0, 0.05) is 24.2 Å². The molecule has 1 aliphatic heterocycles. The Morgan fingerprint density at radius 1 is 0.909 bits per heavy atom. The number of hydrogen-bond acceptors (Lipinski definition) is 6. The molecule has 1 saturated heterocycles. The number of benzene rings is 3. The largest absolute Gasteiger partial charge is 0.481 e. The molecule has 0 aromatic heterocycles.